The Morgan fingerprint density at radius 2 is 2.33 bits per heavy atom. The first-order valence-electron chi connectivity index (χ1n) is 5.02. The number of halogens is 2. The van der Waals surface area contributed by atoms with Crippen LogP contribution in [0.5, 0.6) is 0 Å². The highest BCUT2D eigenvalue weighted by Gasteiger charge is 2.11. The lowest BCUT2D eigenvalue weighted by molar-refractivity contribution is 0.181. The van der Waals surface area contributed by atoms with Gasteiger partial charge < -0.3 is 9.72 Å². The molecule has 0 fully saturated rings. The number of aromatic amines is 1. The van der Waals surface area contributed by atoms with Crippen molar-refractivity contribution in [1.29, 1.82) is 0 Å². The van der Waals surface area contributed by atoms with Gasteiger partial charge in [-0.3, -0.25) is 4.98 Å². The maximum absolute atomic E-state index is 6.08. The van der Waals surface area contributed by atoms with Gasteiger partial charge in [0.1, 0.15) is 10.3 Å². The van der Waals surface area contributed by atoms with E-state index in [0.717, 1.165) is 10.2 Å². The van der Waals surface area contributed by atoms with Crippen LogP contribution in [-0.4, -0.2) is 22.1 Å². The first-order valence-corrected chi connectivity index (χ1v) is 6.60. The third-order valence-corrected chi connectivity index (χ3v) is 3.92. The Hall–Kier alpha value is -0.820. The molecule has 18 heavy (non-hydrogen) atoms. The topological polar surface area (TPSA) is 50.8 Å². The minimum Gasteiger partial charge on any atom is -0.378 e. The van der Waals surface area contributed by atoms with Crippen LogP contribution in [0.1, 0.15) is 5.69 Å². The Morgan fingerprint density at radius 3 is 3.00 bits per heavy atom. The van der Waals surface area contributed by atoms with E-state index in [0.29, 0.717) is 27.8 Å². The van der Waals surface area contributed by atoms with Crippen molar-refractivity contribution in [3.05, 3.63) is 38.2 Å². The van der Waals surface area contributed by atoms with Crippen molar-refractivity contribution >= 4 is 39.7 Å². The number of hydrogen-bond acceptors (Lipinski definition) is 4. The summed E-state index contributed by atoms with van der Waals surface area (Å²) < 4.78 is 6.26. The molecule has 0 radical (unpaired) electrons. The minimum absolute atomic E-state index is 0.393. The molecule has 0 unspecified atom stereocenters. The molecular formula is C11H9BrClN3OS. The maximum Gasteiger partial charge on any atom is 0.159 e. The molecule has 2 aromatic heterocycles. The fourth-order valence-corrected chi connectivity index (χ4v) is 2.15. The molecule has 0 aromatic carbocycles. The molecular weight excluding hydrogens is 338 g/mol. The van der Waals surface area contributed by atoms with Crippen LogP contribution in [0.3, 0.4) is 0 Å². The number of nitrogens with one attached hydrogen (secondary N) is 1. The SMILES string of the molecule is COCc1[nH]c(-c2ncccc2Cl)nc(=S)c1Br. The molecule has 4 nitrogen and oxygen atoms in total. The lowest BCUT2D eigenvalue weighted by atomic mass is 10.3. The molecule has 94 valence electrons. The molecule has 0 atom stereocenters. The van der Waals surface area contributed by atoms with E-state index in [1.807, 2.05) is 0 Å². The third kappa shape index (κ3) is 2.77. The molecule has 0 aliphatic heterocycles. The molecule has 1 N–H and O–H groups in total. The fraction of sp³-hybridized carbons (Fsp3) is 0.182. The molecule has 0 bridgehead atoms. The number of hydrogen-bond donors (Lipinski definition) is 1. The van der Waals surface area contributed by atoms with Crippen molar-refractivity contribution in [1.82, 2.24) is 15.0 Å². The second-order valence-corrected chi connectivity index (χ2v) is 5.04. The molecule has 0 aliphatic rings. The normalized spacial score (nSPS) is 10.6. The molecule has 0 aliphatic carbocycles. The number of ether oxygens (including phenoxy) is 1. The number of methoxy groups -OCH3 is 1. The van der Waals surface area contributed by atoms with Gasteiger partial charge in [-0.1, -0.05) is 23.8 Å². The number of H-pyrrole nitrogens is 1. The summed E-state index contributed by atoms with van der Waals surface area (Å²) in [5.41, 5.74) is 1.37. The Morgan fingerprint density at radius 1 is 1.56 bits per heavy atom. The van der Waals surface area contributed by atoms with Gasteiger partial charge in [0.2, 0.25) is 0 Å². The van der Waals surface area contributed by atoms with Crippen LogP contribution in [-0.2, 0) is 11.3 Å². The van der Waals surface area contributed by atoms with E-state index >= 15 is 0 Å². The Bertz CT molecular complexity index is 632. The molecule has 0 saturated carbocycles. The summed E-state index contributed by atoms with van der Waals surface area (Å²) in [7, 11) is 1.61. The maximum atomic E-state index is 6.08. The lowest BCUT2D eigenvalue weighted by Crippen LogP contribution is -2.01. The number of nitrogens with zero attached hydrogens (tertiary/aromatic N) is 2. The summed E-state index contributed by atoms with van der Waals surface area (Å²) >= 11 is 14.6. The van der Waals surface area contributed by atoms with Crippen LogP contribution in [0.2, 0.25) is 5.02 Å². The predicted octanol–water partition coefficient (Wildman–Crippen LogP) is 3.76. The summed E-state index contributed by atoms with van der Waals surface area (Å²) in [4.78, 5) is 11.6. The first-order chi connectivity index (χ1) is 8.63. The fourth-order valence-electron chi connectivity index (χ4n) is 1.42. The highest BCUT2D eigenvalue weighted by Crippen LogP contribution is 2.25. The second kappa shape index (κ2) is 5.88. The number of pyridine rings is 1. The Balaban J connectivity index is 2.59. The minimum atomic E-state index is 0.393. The zero-order valence-electron chi connectivity index (χ0n) is 9.41. The zero-order chi connectivity index (χ0) is 13.1. The lowest BCUT2D eigenvalue weighted by Gasteiger charge is -2.08. The van der Waals surface area contributed by atoms with Crippen molar-refractivity contribution in [2.24, 2.45) is 0 Å². The summed E-state index contributed by atoms with van der Waals surface area (Å²) in [6.07, 6.45) is 1.65. The van der Waals surface area contributed by atoms with Gasteiger partial charge >= 0.3 is 0 Å². The number of rotatable bonds is 3. The predicted molar refractivity (Wildman–Crippen MR) is 76.1 cm³/mol. The van der Waals surface area contributed by atoms with Gasteiger partial charge in [0.05, 0.1) is 21.8 Å². The van der Waals surface area contributed by atoms with E-state index in [1.165, 1.54) is 0 Å². The smallest absolute Gasteiger partial charge is 0.159 e. The van der Waals surface area contributed by atoms with E-state index < -0.39 is 0 Å². The van der Waals surface area contributed by atoms with Crippen molar-refractivity contribution in [2.75, 3.05) is 7.11 Å². The van der Waals surface area contributed by atoms with Gasteiger partial charge in [0.25, 0.3) is 0 Å². The van der Waals surface area contributed by atoms with Gasteiger partial charge in [0, 0.05) is 13.3 Å². The molecule has 2 aromatic rings. The average molecular weight is 347 g/mol. The molecule has 2 rings (SSSR count). The highest BCUT2D eigenvalue weighted by atomic mass is 79.9. The van der Waals surface area contributed by atoms with E-state index in [1.54, 1.807) is 25.4 Å². The van der Waals surface area contributed by atoms with Crippen molar-refractivity contribution < 1.29 is 4.74 Å². The van der Waals surface area contributed by atoms with E-state index in [-0.39, 0.29) is 0 Å². The van der Waals surface area contributed by atoms with Crippen LogP contribution < -0.4 is 0 Å². The van der Waals surface area contributed by atoms with Gasteiger partial charge in [-0.25, -0.2) is 4.98 Å². The summed E-state index contributed by atoms with van der Waals surface area (Å²) in [5, 5.41) is 0.515. The molecule has 0 amide bonds. The summed E-state index contributed by atoms with van der Waals surface area (Å²) in [6, 6.07) is 3.51. The molecule has 0 spiro atoms. The molecule has 2 heterocycles. The molecule has 7 heteroatoms. The Kier molecular flexibility index (Phi) is 4.45. The summed E-state index contributed by atoms with van der Waals surface area (Å²) in [5.74, 6) is 0.529. The van der Waals surface area contributed by atoms with Gasteiger partial charge in [-0.05, 0) is 28.1 Å². The van der Waals surface area contributed by atoms with E-state index in [4.69, 9.17) is 28.6 Å². The quantitative estimate of drug-likeness (QED) is 0.860. The second-order valence-electron chi connectivity index (χ2n) is 3.45. The van der Waals surface area contributed by atoms with Gasteiger partial charge in [-0.15, -0.1) is 0 Å². The Labute approximate surface area is 123 Å². The van der Waals surface area contributed by atoms with Crippen LogP contribution in [0.15, 0.2) is 22.8 Å². The third-order valence-electron chi connectivity index (χ3n) is 2.21. The molecule has 0 saturated heterocycles. The van der Waals surface area contributed by atoms with Gasteiger partial charge in [0.15, 0.2) is 5.82 Å². The largest absolute Gasteiger partial charge is 0.378 e. The van der Waals surface area contributed by atoms with Crippen LogP contribution >= 0.6 is 39.7 Å². The standard InChI is InChI=1S/C11H9BrClN3OS/c1-17-5-7-8(12)11(18)16-10(15-7)9-6(13)3-2-4-14-9/h2-4H,5H2,1H3,(H,15,16,18). The highest BCUT2D eigenvalue weighted by molar-refractivity contribution is 9.10. The monoisotopic (exact) mass is 345 g/mol. The van der Waals surface area contributed by atoms with Crippen molar-refractivity contribution in [3.8, 4) is 11.5 Å². The summed E-state index contributed by atoms with van der Waals surface area (Å²) in [6.45, 7) is 0.393. The van der Waals surface area contributed by atoms with Gasteiger partial charge in [-0.2, -0.15) is 0 Å². The van der Waals surface area contributed by atoms with E-state index in [2.05, 4.69) is 30.9 Å². The average Bonchev–Trinajstić information content (AvgIpc) is 2.35. The zero-order valence-corrected chi connectivity index (χ0v) is 12.6. The van der Waals surface area contributed by atoms with Crippen LogP contribution in [0.25, 0.3) is 11.5 Å². The van der Waals surface area contributed by atoms with Crippen molar-refractivity contribution in [2.45, 2.75) is 6.61 Å². The van der Waals surface area contributed by atoms with Crippen molar-refractivity contribution in [3.63, 3.8) is 0 Å². The number of aromatic nitrogens is 3. The van der Waals surface area contributed by atoms with Crippen LogP contribution in [0.4, 0.5) is 0 Å². The van der Waals surface area contributed by atoms with Crippen LogP contribution in [0, 0.1) is 4.64 Å². The van der Waals surface area contributed by atoms with E-state index in [9.17, 15) is 0 Å². The first kappa shape index (κ1) is 13.6.